The molecule has 0 saturated carbocycles. The molecule has 0 aliphatic carbocycles. The molecule has 0 atom stereocenters. The molecule has 23 heavy (non-hydrogen) atoms. The maximum absolute atomic E-state index is 12.4. The van der Waals surface area contributed by atoms with E-state index in [9.17, 15) is 4.79 Å². The molecule has 1 aromatic carbocycles. The molecule has 1 fully saturated rings. The Bertz CT molecular complexity index is 635. The number of hydrogen-bond acceptors (Lipinski definition) is 4. The van der Waals surface area contributed by atoms with E-state index in [1.807, 2.05) is 23.1 Å². The van der Waals surface area contributed by atoms with Crippen molar-refractivity contribution in [2.75, 3.05) is 33.3 Å². The number of aromatic nitrogens is 1. The van der Waals surface area contributed by atoms with Crippen LogP contribution >= 0.6 is 0 Å². The van der Waals surface area contributed by atoms with Crippen LogP contribution in [-0.2, 0) is 6.54 Å². The van der Waals surface area contributed by atoms with Gasteiger partial charge >= 0.3 is 0 Å². The molecule has 2 heterocycles. The molecule has 1 aromatic heterocycles. The van der Waals surface area contributed by atoms with Gasteiger partial charge in [0.2, 0.25) is 0 Å². The quantitative estimate of drug-likeness (QED) is 0.867. The number of benzene rings is 1. The van der Waals surface area contributed by atoms with Crippen LogP contribution in [0.15, 0.2) is 48.8 Å². The van der Waals surface area contributed by atoms with Crippen LogP contribution in [-0.4, -0.2) is 54.0 Å². The van der Waals surface area contributed by atoms with Crippen molar-refractivity contribution in [1.82, 2.24) is 14.8 Å². The summed E-state index contributed by atoms with van der Waals surface area (Å²) >= 11 is 0. The fourth-order valence-electron chi connectivity index (χ4n) is 2.77. The molecule has 0 radical (unpaired) electrons. The highest BCUT2D eigenvalue weighted by Crippen LogP contribution is 2.15. The number of piperazine rings is 1. The van der Waals surface area contributed by atoms with E-state index in [4.69, 9.17) is 4.74 Å². The predicted molar refractivity (Wildman–Crippen MR) is 88.4 cm³/mol. The Morgan fingerprint density at radius 3 is 2.48 bits per heavy atom. The molecule has 3 rings (SSSR count). The Morgan fingerprint density at radius 2 is 1.87 bits per heavy atom. The van der Waals surface area contributed by atoms with Gasteiger partial charge in [0, 0.05) is 45.1 Å². The molecule has 5 nitrogen and oxygen atoms in total. The maximum Gasteiger partial charge on any atom is 0.255 e. The van der Waals surface area contributed by atoms with E-state index in [-0.39, 0.29) is 5.91 Å². The van der Waals surface area contributed by atoms with Crippen molar-refractivity contribution in [1.29, 1.82) is 0 Å². The Kier molecular flexibility index (Phi) is 4.88. The van der Waals surface area contributed by atoms with Crippen molar-refractivity contribution in [3.63, 3.8) is 0 Å². The number of nitrogens with zero attached hydrogens (tertiary/aromatic N) is 3. The van der Waals surface area contributed by atoms with E-state index in [1.165, 1.54) is 5.56 Å². The lowest BCUT2D eigenvalue weighted by atomic mass is 10.1. The summed E-state index contributed by atoms with van der Waals surface area (Å²) in [7, 11) is 1.67. The Balaban J connectivity index is 1.53. The molecule has 1 amide bonds. The van der Waals surface area contributed by atoms with Gasteiger partial charge in [0.15, 0.2) is 0 Å². The highest BCUT2D eigenvalue weighted by Gasteiger charge is 2.22. The van der Waals surface area contributed by atoms with E-state index in [1.54, 1.807) is 25.6 Å². The molecule has 0 spiro atoms. The first kappa shape index (κ1) is 15.5. The van der Waals surface area contributed by atoms with Gasteiger partial charge in [0.25, 0.3) is 5.91 Å². The Morgan fingerprint density at radius 1 is 1.13 bits per heavy atom. The number of methoxy groups -OCH3 is 1. The van der Waals surface area contributed by atoms with Gasteiger partial charge in [-0.1, -0.05) is 12.1 Å². The molecule has 0 bridgehead atoms. The first-order chi connectivity index (χ1) is 11.3. The third-order valence-electron chi connectivity index (χ3n) is 4.13. The summed E-state index contributed by atoms with van der Waals surface area (Å²) < 4.78 is 5.18. The normalized spacial score (nSPS) is 15.4. The molecule has 1 aliphatic heterocycles. The van der Waals surface area contributed by atoms with Crippen molar-refractivity contribution in [3.8, 4) is 5.75 Å². The second-order valence-electron chi connectivity index (χ2n) is 5.66. The summed E-state index contributed by atoms with van der Waals surface area (Å²) in [5, 5.41) is 0. The molecule has 0 unspecified atom stereocenters. The van der Waals surface area contributed by atoms with Crippen molar-refractivity contribution in [2.24, 2.45) is 0 Å². The number of ether oxygens (including phenoxy) is 1. The van der Waals surface area contributed by atoms with Gasteiger partial charge in [-0.15, -0.1) is 0 Å². The fourth-order valence-corrected chi connectivity index (χ4v) is 2.77. The maximum atomic E-state index is 12.4. The zero-order valence-electron chi connectivity index (χ0n) is 13.3. The van der Waals surface area contributed by atoms with E-state index in [2.05, 4.69) is 22.0 Å². The van der Waals surface area contributed by atoms with Crippen LogP contribution in [0.5, 0.6) is 5.75 Å². The fraction of sp³-hybridized carbons (Fsp3) is 0.333. The second kappa shape index (κ2) is 7.24. The van der Waals surface area contributed by atoms with Gasteiger partial charge in [0.1, 0.15) is 5.75 Å². The SMILES string of the molecule is COc1ccc(CN2CCN(C(=O)c3cccnc3)CC2)cc1. The van der Waals surface area contributed by atoms with Crippen molar-refractivity contribution >= 4 is 5.91 Å². The Labute approximate surface area is 136 Å². The number of rotatable bonds is 4. The Hall–Kier alpha value is -2.40. The second-order valence-corrected chi connectivity index (χ2v) is 5.66. The van der Waals surface area contributed by atoms with Crippen molar-refractivity contribution < 1.29 is 9.53 Å². The van der Waals surface area contributed by atoms with Crippen LogP contribution < -0.4 is 4.74 Å². The van der Waals surface area contributed by atoms with Gasteiger partial charge in [0.05, 0.1) is 12.7 Å². The van der Waals surface area contributed by atoms with E-state index < -0.39 is 0 Å². The van der Waals surface area contributed by atoms with Gasteiger partial charge in [-0.3, -0.25) is 14.7 Å². The molecular formula is C18H21N3O2. The molecule has 120 valence electrons. The minimum absolute atomic E-state index is 0.0715. The number of amides is 1. The largest absolute Gasteiger partial charge is 0.497 e. The molecule has 5 heteroatoms. The average Bonchev–Trinajstić information content (AvgIpc) is 2.63. The lowest BCUT2D eigenvalue weighted by molar-refractivity contribution is 0.0628. The van der Waals surface area contributed by atoms with Crippen LogP contribution in [0, 0.1) is 0 Å². The van der Waals surface area contributed by atoms with Crippen molar-refractivity contribution in [3.05, 3.63) is 59.9 Å². The van der Waals surface area contributed by atoms with Crippen molar-refractivity contribution in [2.45, 2.75) is 6.54 Å². The third kappa shape index (κ3) is 3.87. The first-order valence-corrected chi connectivity index (χ1v) is 7.81. The van der Waals surface area contributed by atoms with E-state index in [0.717, 1.165) is 38.5 Å². The van der Waals surface area contributed by atoms with Gasteiger partial charge in [-0.05, 0) is 29.8 Å². The van der Waals surface area contributed by atoms with Crippen LogP contribution in [0.1, 0.15) is 15.9 Å². The summed E-state index contributed by atoms with van der Waals surface area (Å²) in [6.45, 7) is 4.18. The van der Waals surface area contributed by atoms with Crippen LogP contribution in [0.3, 0.4) is 0 Å². The monoisotopic (exact) mass is 311 g/mol. The average molecular weight is 311 g/mol. The molecule has 2 aromatic rings. The van der Waals surface area contributed by atoms with Gasteiger partial charge < -0.3 is 9.64 Å². The molecule has 0 N–H and O–H groups in total. The summed E-state index contributed by atoms with van der Waals surface area (Å²) in [5.41, 5.74) is 1.92. The molecule has 1 saturated heterocycles. The lowest BCUT2D eigenvalue weighted by Crippen LogP contribution is -2.48. The summed E-state index contributed by atoms with van der Waals surface area (Å²) in [6.07, 6.45) is 3.32. The smallest absolute Gasteiger partial charge is 0.255 e. The minimum atomic E-state index is 0.0715. The number of hydrogen-bond donors (Lipinski definition) is 0. The first-order valence-electron chi connectivity index (χ1n) is 7.81. The third-order valence-corrected chi connectivity index (χ3v) is 4.13. The van der Waals surface area contributed by atoms with Gasteiger partial charge in [-0.2, -0.15) is 0 Å². The molecule has 1 aliphatic rings. The zero-order chi connectivity index (χ0) is 16.1. The van der Waals surface area contributed by atoms with Crippen LogP contribution in [0.4, 0.5) is 0 Å². The topological polar surface area (TPSA) is 45.7 Å². The van der Waals surface area contributed by atoms with Gasteiger partial charge in [-0.25, -0.2) is 0 Å². The summed E-state index contributed by atoms with van der Waals surface area (Å²) in [5.74, 6) is 0.947. The van der Waals surface area contributed by atoms with E-state index >= 15 is 0 Å². The highest BCUT2D eigenvalue weighted by atomic mass is 16.5. The summed E-state index contributed by atoms with van der Waals surface area (Å²) in [6, 6.07) is 11.8. The zero-order valence-corrected chi connectivity index (χ0v) is 13.3. The number of carbonyl (C=O) groups excluding carboxylic acids is 1. The number of carbonyl (C=O) groups is 1. The standard InChI is InChI=1S/C18H21N3O2/c1-23-17-6-4-15(5-7-17)14-20-9-11-21(12-10-20)18(22)16-3-2-8-19-13-16/h2-8,13H,9-12,14H2,1H3. The minimum Gasteiger partial charge on any atom is -0.497 e. The predicted octanol–water partition coefficient (Wildman–Crippen LogP) is 2.05. The number of pyridine rings is 1. The van der Waals surface area contributed by atoms with Crippen LogP contribution in [0.25, 0.3) is 0 Å². The lowest BCUT2D eigenvalue weighted by Gasteiger charge is -2.34. The van der Waals surface area contributed by atoms with E-state index in [0.29, 0.717) is 5.56 Å². The summed E-state index contributed by atoms with van der Waals surface area (Å²) in [4.78, 5) is 20.7. The molecular weight excluding hydrogens is 290 g/mol. The highest BCUT2D eigenvalue weighted by molar-refractivity contribution is 5.93. The van der Waals surface area contributed by atoms with Crippen LogP contribution in [0.2, 0.25) is 0 Å².